The SMILES string of the molecule is CC1(C)C2=CC(N(c3ccc4c(c3)C(C)(C)c3ccccc3-4)c3ccc4c(c3)C3(c5ccccc5-4)c4ccccc4C4C=CC=CC43)=CCC2c2ccccc21. The minimum absolute atomic E-state index is 0.0406. The van der Waals surface area contributed by atoms with Gasteiger partial charge in [-0.3, -0.25) is 0 Å². The molecule has 0 fully saturated rings. The van der Waals surface area contributed by atoms with Crippen LogP contribution >= 0.6 is 0 Å². The molecular formula is C55H45N. The molecule has 56 heavy (non-hydrogen) atoms. The molecule has 1 nitrogen and oxygen atoms in total. The van der Waals surface area contributed by atoms with Crippen molar-refractivity contribution in [2.24, 2.45) is 5.92 Å². The van der Waals surface area contributed by atoms with Crippen LogP contribution in [0.2, 0.25) is 0 Å². The molecule has 6 aromatic carbocycles. The molecule has 4 atom stereocenters. The van der Waals surface area contributed by atoms with Crippen LogP contribution in [-0.2, 0) is 16.2 Å². The van der Waals surface area contributed by atoms with Gasteiger partial charge in [-0.05, 0) is 104 Å². The molecule has 0 aliphatic heterocycles. The maximum Gasteiger partial charge on any atom is 0.0538 e. The summed E-state index contributed by atoms with van der Waals surface area (Å²) < 4.78 is 0. The molecule has 6 aliphatic rings. The number of benzene rings is 6. The Balaban J connectivity index is 1.09. The summed E-state index contributed by atoms with van der Waals surface area (Å²) in [6.07, 6.45) is 15.5. The first kappa shape index (κ1) is 32.3. The van der Waals surface area contributed by atoms with Crippen molar-refractivity contribution in [1.82, 2.24) is 0 Å². The van der Waals surface area contributed by atoms with Gasteiger partial charge in [0.15, 0.2) is 0 Å². The van der Waals surface area contributed by atoms with Gasteiger partial charge >= 0.3 is 0 Å². The Morgan fingerprint density at radius 3 is 1.84 bits per heavy atom. The molecule has 270 valence electrons. The van der Waals surface area contributed by atoms with Crippen LogP contribution in [0.15, 0.2) is 181 Å². The van der Waals surface area contributed by atoms with Gasteiger partial charge in [0, 0.05) is 45.7 Å². The highest BCUT2D eigenvalue weighted by molar-refractivity contribution is 5.89. The topological polar surface area (TPSA) is 3.24 Å². The van der Waals surface area contributed by atoms with Gasteiger partial charge in [0.2, 0.25) is 0 Å². The number of anilines is 2. The van der Waals surface area contributed by atoms with Gasteiger partial charge in [0.1, 0.15) is 0 Å². The van der Waals surface area contributed by atoms with E-state index in [1.807, 2.05) is 0 Å². The normalized spacial score (nSPS) is 24.2. The van der Waals surface area contributed by atoms with Crippen molar-refractivity contribution < 1.29 is 0 Å². The van der Waals surface area contributed by atoms with Gasteiger partial charge in [-0.1, -0.05) is 173 Å². The first-order chi connectivity index (χ1) is 27.3. The molecule has 0 saturated heterocycles. The average Bonchev–Trinajstić information content (AvgIpc) is 3.86. The van der Waals surface area contributed by atoms with Crippen LogP contribution in [0.1, 0.15) is 90.5 Å². The maximum absolute atomic E-state index is 2.59. The number of hydrogen-bond donors (Lipinski definition) is 0. The van der Waals surface area contributed by atoms with E-state index < -0.39 is 0 Å². The zero-order valence-corrected chi connectivity index (χ0v) is 32.6. The Bertz CT molecular complexity index is 2820. The van der Waals surface area contributed by atoms with E-state index in [0.717, 1.165) is 6.42 Å². The molecule has 0 amide bonds. The second kappa shape index (κ2) is 11.1. The van der Waals surface area contributed by atoms with Crippen molar-refractivity contribution in [1.29, 1.82) is 0 Å². The summed E-state index contributed by atoms with van der Waals surface area (Å²) in [4.78, 5) is 2.59. The van der Waals surface area contributed by atoms with Crippen LogP contribution in [0.5, 0.6) is 0 Å². The molecule has 0 N–H and O–H groups in total. The molecule has 12 rings (SSSR count). The fourth-order valence-corrected chi connectivity index (χ4v) is 12.3. The Morgan fingerprint density at radius 1 is 0.500 bits per heavy atom. The summed E-state index contributed by atoms with van der Waals surface area (Å²) in [6.45, 7) is 9.65. The van der Waals surface area contributed by atoms with E-state index in [4.69, 9.17) is 0 Å². The number of rotatable bonds is 3. The van der Waals surface area contributed by atoms with Gasteiger partial charge in [-0.15, -0.1) is 0 Å². The van der Waals surface area contributed by atoms with Crippen LogP contribution in [0.3, 0.4) is 0 Å². The van der Waals surface area contributed by atoms with E-state index in [1.54, 1.807) is 0 Å². The summed E-state index contributed by atoms with van der Waals surface area (Å²) in [5, 5.41) is 0. The van der Waals surface area contributed by atoms with Crippen molar-refractivity contribution in [3.05, 3.63) is 226 Å². The van der Waals surface area contributed by atoms with Crippen LogP contribution in [0.4, 0.5) is 11.4 Å². The van der Waals surface area contributed by atoms with E-state index >= 15 is 0 Å². The smallest absolute Gasteiger partial charge is 0.0538 e. The van der Waals surface area contributed by atoms with E-state index in [1.165, 1.54) is 89.4 Å². The lowest BCUT2D eigenvalue weighted by Crippen LogP contribution is -2.33. The fraction of sp³-hybridized carbons (Fsp3) is 0.200. The predicted molar refractivity (Wildman–Crippen MR) is 232 cm³/mol. The van der Waals surface area contributed by atoms with Gasteiger partial charge in [0.25, 0.3) is 0 Å². The molecular weight excluding hydrogens is 675 g/mol. The zero-order chi connectivity index (χ0) is 37.6. The summed E-state index contributed by atoms with van der Waals surface area (Å²) >= 11 is 0. The Kier molecular flexibility index (Phi) is 6.41. The van der Waals surface area contributed by atoms with E-state index in [9.17, 15) is 0 Å². The average molecular weight is 720 g/mol. The van der Waals surface area contributed by atoms with Crippen molar-refractivity contribution in [2.75, 3.05) is 4.90 Å². The summed E-state index contributed by atoms with van der Waals surface area (Å²) in [7, 11) is 0. The lowest BCUT2D eigenvalue weighted by molar-refractivity contribution is 0.465. The predicted octanol–water partition coefficient (Wildman–Crippen LogP) is 13.6. The molecule has 0 bridgehead atoms. The molecule has 0 saturated carbocycles. The molecule has 4 unspecified atom stereocenters. The summed E-state index contributed by atoms with van der Waals surface area (Å²) in [5.41, 5.74) is 21.8. The largest absolute Gasteiger partial charge is 0.311 e. The molecule has 6 aliphatic carbocycles. The van der Waals surface area contributed by atoms with Crippen LogP contribution in [0.25, 0.3) is 22.3 Å². The highest BCUT2D eigenvalue weighted by Crippen LogP contribution is 2.66. The van der Waals surface area contributed by atoms with Crippen LogP contribution in [0, 0.1) is 5.92 Å². The van der Waals surface area contributed by atoms with E-state index in [-0.39, 0.29) is 16.2 Å². The van der Waals surface area contributed by atoms with Crippen molar-refractivity contribution >= 4 is 11.4 Å². The Morgan fingerprint density at radius 2 is 1.07 bits per heavy atom. The minimum atomic E-state index is -0.280. The minimum Gasteiger partial charge on any atom is -0.311 e. The second-order valence-corrected chi connectivity index (χ2v) is 18.0. The molecule has 0 radical (unpaired) electrons. The number of hydrogen-bond acceptors (Lipinski definition) is 1. The monoisotopic (exact) mass is 719 g/mol. The van der Waals surface area contributed by atoms with Crippen LogP contribution in [-0.4, -0.2) is 0 Å². The third-order valence-electron chi connectivity index (χ3n) is 14.8. The van der Waals surface area contributed by atoms with Gasteiger partial charge in [-0.2, -0.15) is 0 Å². The van der Waals surface area contributed by atoms with Crippen molar-refractivity contribution in [3.63, 3.8) is 0 Å². The third kappa shape index (κ3) is 3.96. The van der Waals surface area contributed by atoms with Gasteiger partial charge < -0.3 is 4.90 Å². The first-order valence-corrected chi connectivity index (χ1v) is 20.5. The zero-order valence-electron chi connectivity index (χ0n) is 32.6. The lowest BCUT2D eigenvalue weighted by Gasteiger charge is -2.37. The molecule has 1 heteroatoms. The highest BCUT2D eigenvalue weighted by Gasteiger charge is 2.57. The maximum atomic E-state index is 2.59. The second-order valence-electron chi connectivity index (χ2n) is 18.0. The van der Waals surface area contributed by atoms with Crippen LogP contribution < -0.4 is 4.90 Å². The van der Waals surface area contributed by atoms with Crippen molar-refractivity contribution in [3.8, 4) is 22.3 Å². The first-order valence-electron chi connectivity index (χ1n) is 20.5. The number of nitrogens with zero attached hydrogens (tertiary/aromatic N) is 1. The van der Waals surface area contributed by atoms with Gasteiger partial charge in [0.05, 0.1) is 5.41 Å². The summed E-state index contributed by atoms with van der Waals surface area (Å²) in [5.74, 6) is 1.05. The highest BCUT2D eigenvalue weighted by atomic mass is 15.1. The van der Waals surface area contributed by atoms with E-state index in [2.05, 4.69) is 203 Å². The Labute approximate surface area is 331 Å². The molecule has 0 heterocycles. The quantitative estimate of drug-likeness (QED) is 0.176. The fourth-order valence-electron chi connectivity index (χ4n) is 12.3. The van der Waals surface area contributed by atoms with Crippen molar-refractivity contribution in [2.45, 2.75) is 62.2 Å². The van der Waals surface area contributed by atoms with Gasteiger partial charge in [-0.25, -0.2) is 0 Å². The third-order valence-corrected chi connectivity index (χ3v) is 14.8. The summed E-state index contributed by atoms with van der Waals surface area (Å²) in [6, 6.07) is 51.3. The number of allylic oxidation sites excluding steroid dienone is 7. The number of fused-ring (bicyclic) bond motifs is 16. The molecule has 0 aromatic heterocycles. The molecule has 1 spiro atoms. The lowest BCUT2D eigenvalue weighted by atomic mass is 9.65. The molecule has 6 aromatic rings. The van der Waals surface area contributed by atoms with E-state index in [0.29, 0.717) is 17.8 Å². The standard InChI is InChI=1S/C55H45N/c1-53(2)45-20-10-5-15-37(45)42-28-25-34(31-50(42)53)56(35-26-29-43-38-16-6-11-21-46(38)54(3,4)51(43)32-35)36-27-30-44-41-19-9-14-24-49(41)55(52(44)33-36)47-22-12-7-17-39(47)40-18-8-13-23-48(40)55/h5-28,30-33,39,43,47H,29H2,1-4H3. The Hall–Kier alpha value is -5.92.